The van der Waals surface area contributed by atoms with Crippen molar-refractivity contribution >= 4 is 11.7 Å². The molecule has 122 valence electrons. The molecule has 0 saturated heterocycles. The molecule has 3 rings (SSSR count). The van der Waals surface area contributed by atoms with Crippen molar-refractivity contribution in [1.29, 1.82) is 5.41 Å². The first-order valence-electron chi connectivity index (χ1n) is 7.43. The Morgan fingerprint density at radius 2 is 1.62 bits per heavy atom. The van der Waals surface area contributed by atoms with Crippen LogP contribution in [0.15, 0.2) is 65.3 Å². The van der Waals surface area contributed by atoms with Crippen LogP contribution in [0.4, 0.5) is 5.82 Å². The summed E-state index contributed by atoms with van der Waals surface area (Å²) in [5, 5.41) is 29.6. The monoisotopic (exact) mass is 323 g/mol. The average Bonchev–Trinajstić information content (AvgIpc) is 3.09. The number of anilines is 1. The molecule has 24 heavy (non-hydrogen) atoms. The van der Waals surface area contributed by atoms with Gasteiger partial charge >= 0.3 is 0 Å². The highest BCUT2D eigenvalue weighted by atomic mass is 16.6. The minimum absolute atomic E-state index is 0.157. The minimum Gasteiger partial charge on any atom is -0.361 e. The molecule has 1 heterocycles. The van der Waals surface area contributed by atoms with E-state index in [0.29, 0.717) is 12.4 Å². The molecule has 0 aliphatic rings. The van der Waals surface area contributed by atoms with Crippen molar-refractivity contribution in [2.24, 2.45) is 0 Å². The van der Waals surface area contributed by atoms with E-state index in [1.165, 1.54) is 0 Å². The van der Waals surface area contributed by atoms with Gasteiger partial charge in [0, 0.05) is 6.54 Å². The van der Waals surface area contributed by atoms with Crippen molar-refractivity contribution < 1.29 is 9.84 Å². The Balaban J connectivity index is 1.66. The molecule has 7 nitrogen and oxygen atoms in total. The van der Waals surface area contributed by atoms with Crippen molar-refractivity contribution in [3.8, 4) is 0 Å². The van der Waals surface area contributed by atoms with Gasteiger partial charge in [-0.05, 0) is 21.4 Å². The van der Waals surface area contributed by atoms with Gasteiger partial charge in [-0.15, -0.1) is 0 Å². The Morgan fingerprint density at radius 1 is 1.00 bits per heavy atom. The van der Waals surface area contributed by atoms with Gasteiger partial charge in [-0.3, -0.25) is 10.6 Å². The molecule has 0 unspecified atom stereocenters. The topological polar surface area (TPSA) is 98.3 Å². The quantitative estimate of drug-likeness (QED) is 0.366. The zero-order valence-electron chi connectivity index (χ0n) is 12.9. The summed E-state index contributed by atoms with van der Waals surface area (Å²) >= 11 is 0. The van der Waals surface area contributed by atoms with Crippen LogP contribution in [0.2, 0.25) is 0 Å². The molecule has 7 heteroatoms. The predicted molar refractivity (Wildman–Crippen MR) is 88.7 cm³/mol. The Labute approximate surface area is 139 Å². The highest BCUT2D eigenvalue weighted by Crippen LogP contribution is 2.14. The van der Waals surface area contributed by atoms with Gasteiger partial charge in [-0.25, -0.2) is 9.69 Å². The fourth-order valence-corrected chi connectivity index (χ4v) is 2.20. The van der Waals surface area contributed by atoms with E-state index in [2.05, 4.69) is 15.6 Å². The van der Waals surface area contributed by atoms with Crippen molar-refractivity contribution in [2.75, 3.05) is 5.32 Å². The van der Waals surface area contributed by atoms with Gasteiger partial charge < -0.3 is 5.32 Å². The highest BCUT2D eigenvalue weighted by Gasteiger charge is 2.20. The number of nitrogens with zero attached hydrogens (tertiary/aromatic N) is 3. The number of aromatic nitrogens is 2. The van der Waals surface area contributed by atoms with Crippen LogP contribution in [0.1, 0.15) is 16.8 Å². The molecule has 3 N–H and O–H groups in total. The predicted octanol–water partition coefficient (Wildman–Crippen LogP) is 2.90. The number of hydrogen-bond donors (Lipinski definition) is 3. The van der Waals surface area contributed by atoms with E-state index in [4.69, 9.17) is 10.0 Å². The second-order valence-corrected chi connectivity index (χ2v) is 5.19. The third kappa shape index (κ3) is 3.76. The second-order valence-electron chi connectivity index (χ2n) is 5.19. The number of hydrogen-bond acceptors (Lipinski definition) is 6. The summed E-state index contributed by atoms with van der Waals surface area (Å²) in [6.45, 7) is 0.685. The fraction of sp³-hybridized carbons (Fsp3) is 0.118. The zero-order valence-corrected chi connectivity index (χ0v) is 12.9. The van der Waals surface area contributed by atoms with Crippen LogP contribution in [-0.2, 0) is 13.1 Å². The number of nitrogens with one attached hydrogen (secondary N) is 2. The van der Waals surface area contributed by atoms with E-state index >= 15 is 0 Å². The molecule has 0 spiro atoms. The van der Waals surface area contributed by atoms with Gasteiger partial charge in [0.2, 0.25) is 5.82 Å². The van der Waals surface area contributed by atoms with E-state index in [0.717, 1.165) is 16.2 Å². The standard InChI is InChI=1S/C17H17N5O2/c18-16(22(23)12-14-9-5-2-6-10-14)15-17(21-24-20-15)19-11-13-7-3-1-4-8-13/h1-10,18,23H,11-12H2,(H,19,21). The van der Waals surface area contributed by atoms with Crippen LogP contribution < -0.4 is 5.32 Å². The lowest BCUT2D eigenvalue weighted by Crippen LogP contribution is -2.28. The maximum Gasteiger partial charge on any atom is 0.202 e. The van der Waals surface area contributed by atoms with Crippen molar-refractivity contribution in [3.05, 3.63) is 77.5 Å². The minimum atomic E-state index is -0.185. The van der Waals surface area contributed by atoms with Gasteiger partial charge in [-0.1, -0.05) is 60.7 Å². The first kappa shape index (κ1) is 15.7. The van der Waals surface area contributed by atoms with Crippen LogP contribution >= 0.6 is 0 Å². The van der Waals surface area contributed by atoms with Gasteiger partial charge in [0.05, 0.1) is 6.54 Å². The lowest BCUT2D eigenvalue weighted by Gasteiger charge is -2.16. The Kier molecular flexibility index (Phi) is 4.83. The number of amidine groups is 1. The molecule has 0 fully saturated rings. The first-order valence-corrected chi connectivity index (χ1v) is 7.43. The van der Waals surface area contributed by atoms with Crippen LogP contribution in [0.5, 0.6) is 0 Å². The van der Waals surface area contributed by atoms with Gasteiger partial charge in [0.25, 0.3) is 0 Å². The zero-order chi connectivity index (χ0) is 16.8. The molecular formula is C17H17N5O2. The van der Waals surface area contributed by atoms with Gasteiger partial charge in [0.15, 0.2) is 11.5 Å². The Morgan fingerprint density at radius 3 is 2.29 bits per heavy atom. The van der Waals surface area contributed by atoms with Gasteiger partial charge in [0.1, 0.15) is 0 Å². The van der Waals surface area contributed by atoms with Crippen molar-refractivity contribution in [2.45, 2.75) is 13.1 Å². The molecule has 0 atom stereocenters. The average molecular weight is 323 g/mol. The van der Waals surface area contributed by atoms with E-state index in [9.17, 15) is 5.21 Å². The van der Waals surface area contributed by atoms with E-state index < -0.39 is 0 Å². The Hall–Kier alpha value is -3.19. The Bertz CT molecular complexity index is 789. The summed E-state index contributed by atoms with van der Waals surface area (Å²) in [7, 11) is 0. The number of rotatable bonds is 6. The van der Waals surface area contributed by atoms with Crippen LogP contribution in [0.3, 0.4) is 0 Å². The molecule has 0 saturated carbocycles. The third-order valence-electron chi connectivity index (χ3n) is 3.45. The number of benzene rings is 2. The summed E-state index contributed by atoms with van der Waals surface area (Å²) in [5.74, 6) is 0.131. The highest BCUT2D eigenvalue weighted by molar-refractivity contribution is 5.97. The van der Waals surface area contributed by atoms with Gasteiger partial charge in [-0.2, -0.15) is 0 Å². The molecule has 0 amide bonds. The smallest absolute Gasteiger partial charge is 0.202 e. The molecule has 0 aliphatic heterocycles. The molecule has 2 aromatic carbocycles. The van der Waals surface area contributed by atoms with Crippen LogP contribution in [0.25, 0.3) is 0 Å². The molecule has 0 radical (unpaired) electrons. The largest absolute Gasteiger partial charge is 0.361 e. The SMILES string of the molecule is N=C(c1nonc1NCc1ccccc1)N(O)Cc1ccccc1. The van der Waals surface area contributed by atoms with Crippen LogP contribution in [0, 0.1) is 5.41 Å². The van der Waals surface area contributed by atoms with E-state index in [1.807, 2.05) is 60.7 Å². The van der Waals surface area contributed by atoms with E-state index in [1.54, 1.807) is 0 Å². The molecule has 3 aromatic rings. The normalized spacial score (nSPS) is 10.4. The molecule has 0 aliphatic carbocycles. The summed E-state index contributed by atoms with van der Waals surface area (Å²) in [4.78, 5) is 0. The summed E-state index contributed by atoms with van der Waals surface area (Å²) < 4.78 is 4.71. The molecule has 1 aromatic heterocycles. The summed E-state index contributed by atoms with van der Waals surface area (Å²) in [6, 6.07) is 19.1. The third-order valence-corrected chi connectivity index (χ3v) is 3.45. The van der Waals surface area contributed by atoms with Crippen molar-refractivity contribution in [3.63, 3.8) is 0 Å². The first-order chi connectivity index (χ1) is 11.7. The fourth-order valence-electron chi connectivity index (χ4n) is 2.20. The second kappa shape index (κ2) is 7.38. The lowest BCUT2D eigenvalue weighted by atomic mass is 10.2. The van der Waals surface area contributed by atoms with Crippen molar-refractivity contribution in [1.82, 2.24) is 15.4 Å². The summed E-state index contributed by atoms with van der Waals surface area (Å²) in [6.07, 6.45) is 0. The maximum atomic E-state index is 10.1. The van der Waals surface area contributed by atoms with E-state index in [-0.39, 0.29) is 18.1 Å². The summed E-state index contributed by atoms with van der Waals surface area (Å²) in [5.41, 5.74) is 2.09. The molecular weight excluding hydrogens is 306 g/mol. The number of hydroxylamine groups is 2. The lowest BCUT2D eigenvalue weighted by molar-refractivity contribution is -0.0233. The van der Waals surface area contributed by atoms with Crippen LogP contribution in [-0.4, -0.2) is 26.4 Å². The molecule has 0 bridgehead atoms. The maximum absolute atomic E-state index is 10.1.